The second-order valence-corrected chi connectivity index (χ2v) is 3.72. The fourth-order valence-corrected chi connectivity index (χ4v) is 1.33. The van der Waals surface area contributed by atoms with Crippen LogP contribution in [0.25, 0.3) is 0 Å². The van der Waals surface area contributed by atoms with Crippen molar-refractivity contribution in [1.29, 1.82) is 0 Å². The number of urea groups is 1. The molecule has 0 aromatic carbocycles. The first-order chi connectivity index (χ1) is 7.91. The third-order valence-electron chi connectivity index (χ3n) is 2.40. The van der Waals surface area contributed by atoms with Crippen LogP contribution in [0.1, 0.15) is 6.92 Å². The molecule has 0 aromatic rings. The Morgan fingerprint density at radius 1 is 1.53 bits per heavy atom. The van der Waals surface area contributed by atoms with Crippen LogP contribution < -0.4 is 11.1 Å². The Kier molecular flexibility index (Phi) is 4.27. The third kappa shape index (κ3) is 3.59. The second-order valence-electron chi connectivity index (χ2n) is 3.72. The Balaban J connectivity index is 2.52. The topological polar surface area (TPSA) is 122 Å². The molecule has 2 unspecified atom stereocenters. The molecule has 0 aliphatic carbocycles. The molecule has 3 amide bonds. The van der Waals surface area contributed by atoms with E-state index in [1.807, 2.05) is 0 Å². The van der Waals surface area contributed by atoms with E-state index in [9.17, 15) is 14.4 Å². The van der Waals surface area contributed by atoms with Gasteiger partial charge in [0.25, 0.3) is 0 Å². The third-order valence-corrected chi connectivity index (χ3v) is 2.40. The van der Waals surface area contributed by atoms with Gasteiger partial charge in [0, 0.05) is 6.54 Å². The van der Waals surface area contributed by atoms with Gasteiger partial charge in [0.15, 0.2) is 6.10 Å². The van der Waals surface area contributed by atoms with Gasteiger partial charge in [-0.25, -0.2) is 9.59 Å². The highest BCUT2D eigenvalue weighted by molar-refractivity contribution is 5.85. The lowest BCUT2D eigenvalue weighted by Crippen LogP contribution is -2.54. The van der Waals surface area contributed by atoms with E-state index < -0.39 is 30.1 Å². The SMILES string of the molecule is CC(NC(=O)N1CCOC(C(=O)O)C1)C(N)=O. The maximum absolute atomic E-state index is 11.6. The smallest absolute Gasteiger partial charge is 0.334 e. The molecule has 0 radical (unpaired) electrons. The van der Waals surface area contributed by atoms with Crippen molar-refractivity contribution in [2.24, 2.45) is 5.73 Å². The first-order valence-electron chi connectivity index (χ1n) is 5.11. The molecule has 1 heterocycles. The normalized spacial score (nSPS) is 21.7. The molecule has 1 aliphatic heterocycles. The van der Waals surface area contributed by atoms with Crippen molar-refractivity contribution in [1.82, 2.24) is 10.2 Å². The van der Waals surface area contributed by atoms with E-state index >= 15 is 0 Å². The number of nitrogens with two attached hydrogens (primary N) is 1. The van der Waals surface area contributed by atoms with Crippen molar-refractivity contribution in [2.75, 3.05) is 19.7 Å². The van der Waals surface area contributed by atoms with Gasteiger partial charge in [-0.2, -0.15) is 0 Å². The first-order valence-corrected chi connectivity index (χ1v) is 5.11. The van der Waals surface area contributed by atoms with E-state index in [-0.39, 0.29) is 19.7 Å². The number of amides is 3. The van der Waals surface area contributed by atoms with Crippen LogP contribution in [0.5, 0.6) is 0 Å². The molecule has 1 rings (SSSR count). The lowest BCUT2D eigenvalue weighted by Gasteiger charge is -2.31. The minimum atomic E-state index is -1.12. The minimum Gasteiger partial charge on any atom is -0.479 e. The van der Waals surface area contributed by atoms with Crippen molar-refractivity contribution >= 4 is 17.9 Å². The summed E-state index contributed by atoms with van der Waals surface area (Å²) in [5, 5.41) is 11.1. The molecule has 1 aliphatic rings. The largest absolute Gasteiger partial charge is 0.479 e. The van der Waals surface area contributed by atoms with Gasteiger partial charge in [-0.1, -0.05) is 0 Å². The molecule has 2 atom stereocenters. The van der Waals surface area contributed by atoms with Gasteiger partial charge in [0.2, 0.25) is 5.91 Å². The van der Waals surface area contributed by atoms with Gasteiger partial charge in [-0.15, -0.1) is 0 Å². The molecule has 4 N–H and O–H groups in total. The predicted octanol–water partition coefficient (Wildman–Crippen LogP) is -1.64. The zero-order valence-electron chi connectivity index (χ0n) is 9.38. The van der Waals surface area contributed by atoms with Crippen LogP contribution in [0.2, 0.25) is 0 Å². The zero-order chi connectivity index (χ0) is 13.0. The fourth-order valence-electron chi connectivity index (χ4n) is 1.33. The van der Waals surface area contributed by atoms with E-state index in [1.165, 1.54) is 11.8 Å². The van der Waals surface area contributed by atoms with Crippen molar-refractivity contribution in [3.8, 4) is 0 Å². The summed E-state index contributed by atoms with van der Waals surface area (Å²) in [5.74, 6) is -1.77. The lowest BCUT2D eigenvalue weighted by atomic mass is 10.3. The summed E-state index contributed by atoms with van der Waals surface area (Å²) in [6, 6.07) is -1.32. The number of ether oxygens (including phenoxy) is 1. The highest BCUT2D eigenvalue weighted by atomic mass is 16.5. The number of rotatable bonds is 3. The standard InChI is InChI=1S/C9H15N3O5/c1-5(7(10)13)11-9(16)12-2-3-17-6(4-12)8(14)15/h5-6H,2-4H2,1H3,(H2,10,13)(H,11,16)(H,14,15). The summed E-state index contributed by atoms with van der Waals surface area (Å²) in [6.07, 6.45) is -1.03. The molecule has 0 bridgehead atoms. The molecule has 1 fully saturated rings. The summed E-state index contributed by atoms with van der Waals surface area (Å²) < 4.78 is 4.96. The molecular formula is C9H15N3O5. The highest BCUT2D eigenvalue weighted by Gasteiger charge is 2.29. The van der Waals surface area contributed by atoms with E-state index in [4.69, 9.17) is 15.6 Å². The number of carbonyl (C=O) groups is 3. The molecule has 1 saturated heterocycles. The molecule has 0 spiro atoms. The van der Waals surface area contributed by atoms with Crippen LogP contribution in [0.3, 0.4) is 0 Å². The Hall–Kier alpha value is -1.83. The van der Waals surface area contributed by atoms with Crippen LogP contribution in [0.4, 0.5) is 4.79 Å². The number of hydrogen-bond acceptors (Lipinski definition) is 4. The van der Waals surface area contributed by atoms with Crippen LogP contribution in [-0.4, -0.2) is 59.8 Å². The van der Waals surface area contributed by atoms with Crippen molar-refractivity contribution < 1.29 is 24.2 Å². The molecule has 8 nitrogen and oxygen atoms in total. The number of carbonyl (C=O) groups excluding carboxylic acids is 2. The van der Waals surface area contributed by atoms with Gasteiger partial charge < -0.3 is 25.8 Å². The number of morpholine rings is 1. The monoisotopic (exact) mass is 245 g/mol. The van der Waals surface area contributed by atoms with Gasteiger partial charge in [0.05, 0.1) is 13.2 Å². The van der Waals surface area contributed by atoms with Crippen LogP contribution in [-0.2, 0) is 14.3 Å². The number of nitrogens with one attached hydrogen (secondary N) is 1. The van der Waals surface area contributed by atoms with Crippen molar-refractivity contribution in [3.05, 3.63) is 0 Å². The fraction of sp³-hybridized carbons (Fsp3) is 0.667. The van der Waals surface area contributed by atoms with Gasteiger partial charge in [-0.05, 0) is 6.92 Å². The number of aliphatic carboxylic acids is 1. The summed E-state index contributed by atoms with van der Waals surface area (Å²) in [6.45, 7) is 1.83. The maximum atomic E-state index is 11.6. The summed E-state index contributed by atoms with van der Waals surface area (Å²) in [7, 11) is 0. The number of hydrogen-bond donors (Lipinski definition) is 3. The zero-order valence-corrected chi connectivity index (χ0v) is 9.38. The van der Waals surface area contributed by atoms with Crippen molar-refractivity contribution in [3.63, 3.8) is 0 Å². The number of carboxylic acids is 1. The second kappa shape index (κ2) is 5.48. The van der Waals surface area contributed by atoms with E-state index in [2.05, 4.69) is 5.32 Å². The van der Waals surface area contributed by atoms with Gasteiger partial charge >= 0.3 is 12.0 Å². The van der Waals surface area contributed by atoms with Crippen molar-refractivity contribution in [2.45, 2.75) is 19.1 Å². The highest BCUT2D eigenvalue weighted by Crippen LogP contribution is 2.05. The Labute approximate surface area is 97.7 Å². The van der Waals surface area contributed by atoms with E-state index in [1.54, 1.807) is 0 Å². The van der Waals surface area contributed by atoms with Gasteiger partial charge in [0.1, 0.15) is 6.04 Å². The lowest BCUT2D eigenvalue weighted by molar-refractivity contribution is -0.154. The molecule has 8 heteroatoms. The van der Waals surface area contributed by atoms with E-state index in [0.29, 0.717) is 0 Å². The number of nitrogens with zero attached hydrogens (tertiary/aromatic N) is 1. The number of primary amides is 1. The molecule has 0 saturated carbocycles. The molecule has 17 heavy (non-hydrogen) atoms. The summed E-state index contributed by atoms with van der Waals surface area (Å²) >= 11 is 0. The summed E-state index contributed by atoms with van der Waals surface area (Å²) in [4.78, 5) is 34.4. The predicted molar refractivity (Wildman–Crippen MR) is 56.1 cm³/mol. The summed E-state index contributed by atoms with van der Waals surface area (Å²) in [5.41, 5.74) is 5.00. The Morgan fingerprint density at radius 3 is 2.71 bits per heavy atom. The van der Waals surface area contributed by atoms with E-state index in [0.717, 1.165) is 0 Å². The average Bonchev–Trinajstić information content (AvgIpc) is 2.28. The Bertz CT molecular complexity index is 333. The maximum Gasteiger partial charge on any atom is 0.334 e. The van der Waals surface area contributed by atoms with Crippen LogP contribution in [0.15, 0.2) is 0 Å². The molecular weight excluding hydrogens is 230 g/mol. The average molecular weight is 245 g/mol. The van der Waals surface area contributed by atoms with Gasteiger partial charge in [-0.3, -0.25) is 4.79 Å². The first kappa shape index (κ1) is 13.2. The number of carboxylic acid groups (broad SMARTS) is 1. The molecule has 0 aromatic heterocycles. The Morgan fingerprint density at radius 2 is 2.18 bits per heavy atom. The molecule has 96 valence electrons. The quantitative estimate of drug-likeness (QED) is 0.550. The van der Waals surface area contributed by atoms with Crippen LogP contribution in [0, 0.1) is 0 Å². The van der Waals surface area contributed by atoms with Crippen LogP contribution >= 0.6 is 0 Å². The minimum absolute atomic E-state index is 0.0490.